The summed E-state index contributed by atoms with van der Waals surface area (Å²) in [6, 6.07) is 17.6. The van der Waals surface area contributed by atoms with Crippen molar-refractivity contribution >= 4 is 11.8 Å². The Bertz CT molecular complexity index is 802. The van der Waals surface area contributed by atoms with Crippen LogP contribution in [0.5, 0.6) is 0 Å². The first-order valence-corrected chi connectivity index (χ1v) is 10.5. The van der Waals surface area contributed by atoms with E-state index in [9.17, 15) is 9.59 Å². The molecule has 1 saturated heterocycles. The summed E-state index contributed by atoms with van der Waals surface area (Å²) in [6.45, 7) is 2.34. The van der Waals surface area contributed by atoms with Crippen LogP contribution < -0.4 is 0 Å². The fourth-order valence-corrected chi connectivity index (χ4v) is 4.39. The number of nitrogens with zero attached hydrogens (tertiary/aromatic N) is 2. The van der Waals surface area contributed by atoms with Crippen molar-refractivity contribution in [3.8, 4) is 0 Å². The summed E-state index contributed by atoms with van der Waals surface area (Å²) >= 11 is 0. The fourth-order valence-electron chi connectivity index (χ4n) is 4.39. The van der Waals surface area contributed by atoms with Crippen LogP contribution in [0.4, 0.5) is 0 Å². The Morgan fingerprint density at radius 2 is 1.14 bits per heavy atom. The van der Waals surface area contributed by atoms with Gasteiger partial charge in [-0.05, 0) is 48.6 Å². The van der Waals surface area contributed by atoms with Gasteiger partial charge in [-0.15, -0.1) is 0 Å². The smallest absolute Gasteiger partial charge is 0.253 e. The lowest BCUT2D eigenvalue weighted by Gasteiger charge is -2.35. The molecular weight excluding hydrogens is 348 g/mol. The normalized spacial score (nSPS) is 18.1. The maximum atomic E-state index is 12.9. The second kappa shape index (κ2) is 8.59. The van der Waals surface area contributed by atoms with Crippen LogP contribution in [-0.4, -0.2) is 47.8 Å². The van der Waals surface area contributed by atoms with Gasteiger partial charge in [0.1, 0.15) is 0 Å². The van der Waals surface area contributed by atoms with Crippen LogP contribution in [0.2, 0.25) is 0 Å². The molecule has 4 nitrogen and oxygen atoms in total. The van der Waals surface area contributed by atoms with E-state index in [2.05, 4.69) is 12.1 Å². The van der Waals surface area contributed by atoms with E-state index in [1.807, 2.05) is 52.3 Å². The molecule has 4 rings (SSSR count). The highest BCUT2D eigenvalue weighted by Crippen LogP contribution is 2.32. The number of carbonyl (C=O) groups excluding carboxylic acids is 2. The molecule has 0 aromatic heterocycles. The second-order valence-electron chi connectivity index (χ2n) is 7.91. The van der Waals surface area contributed by atoms with Crippen molar-refractivity contribution in [2.45, 2.75) is 38.0 Å². The summed E-state index contributed by atoms with van der Waals surface area (Å²) in [5.41, 5.74) is 2.83. The van der Waals surface area contributed by atoms with Gasteiger partial charge < -0.3 is 9.80 Å². The van der Waals surface area contributed by atoms with Crippen LogP contribution in [-0.2, 0) is 0 Å². The Kier molecular flexibility index (Phi) is 5.75. The van der Waals surface area contributed by atoms with Crippen LogP contribution in [0.3, 0.4) is 0 Å². The first kappa shape index (κ1) is 18.7. The number of hydrogen-bond donors (Lipinski definition) is 0. The van der Waals surface area contributed by atoms with Crippen LogP contribution in [0.15, 0.2) is 54.6 Å². The second-order valence-corrected chi connectivity index (χ2v) is 7.91. The SMILES string of the molecule is O=C(c1ccccc1)N1CCN(C(=O)c2ccc(C3CCCCC3)cc2)CC1. The average molecular weight is 377 g/mol. The van der Waals surface area contributed by atoms with Crippen LogP contribution in [0.1, 0.15) is 64.3 Å². The van der Waals surface area contributed by atoms with Crippen molar-refractivity contribution < 1.29 is 9.59 Å². The highest BCUT2D eigenvalue weighted by atomic mass is 16.2. The van der Waals surface area contributed by atoms with Crippen LogP contribution in [0, 0.1) is 0 Å². The zero-order valence-electron chi connectivity index (χ0n) is 16.3. The predicted molar refractivity (Wildman–Crippen MR) is 111 cm³/mol. The van der Waals surface area contributed by atoms with E-state index in [1.54, 1.807) is 0 Å². The van der Waals surface area contributed by atoms with E-state index in [0.29, 0.717) is 37.7 Å². The quantitative estimate of drug-likeness (QED) is 0.800. The van der Waals surface area contributed by atoms with Gasteiger partial charge in [-0.3, -0.25) is 9.59 Å². The monoisotopic (exact) mass is 376 g/mol. The summed E-state index contributed by atoms with van der Waals surface area (Å²) in [5.74, 6) is 0.775. The van der Waals surface area contributed by atoms with Crippen molar-refractivity contribution in [3.63, 3.8) is 0 Å². The molecular formula is C24H28N2O2. The minimum absolute atomic E-state index is 0.0459. The molecule has 2 aromatic rings. The molecule has 0 bridgehead atoms. The summed E-state index contributed by atoms with van der Waals surface area (Å²) < 4.78 is 0. The van der Waals surface area contributed by atoms with E-state index >= 15 is 0 Å². The molecule has 0 unspecified atom stereocenters. The van der Waals surface area contributed by atoms with Gasteiger partial charge in [-0.1, -0.05) is 49.6 Å². The highest BCUT2D eigenvalue weighted by Gasteiger charge is 2.25. The van der Waals surface area contributed by atoms with Gasteiger partial charge in [-0.2, -0.15) is 0 Å². The Balaban J connectivity index is 1.34. The molecule has 4 heteroatoms. The maximum Gasteiger partial charge on any atom is 0.253 e. The molecule has 0 atom stereocenters. The molecule has 2 aromatic carbocycles. The van der Waals surface area contributed by atoms with Gasteiger partial charge in [0, 0.05) is 37.3 Å². The largest absolute Gasteiger partial charge is 0.335 e. The maximum absolute atomic E-state index is 12.9. The Hall–Kier alpha value is -2.62. The van der Waals surface area contributed by atoms with Crippen molar-refractivity contribution in [1.29, 1.82) is 0 Å². The molecule has 2 amide bonds. The van der Waals surface area contributed by atoms with Gasteiger partial charge in [0.15, 0.2) is 0 Å². The first-order valence-electron chi connectivity index (χ1n) is 10.5. The van der Waals surface area contributed by atoms with Crippen molar-refractivity contribution in [2.75, 3.05) is 26.2 Å². The molecule has 2 aliphatic rings. The number of rotatable bonds is 3. The zero-order chi connectivity index (χ0) is 19.3. The lowest BCUT2D eigenvalue weighted by Crippen LogP contribution is -2.50. The number of piperazine rings is 1. The minimum atomic E-state index is 0.0459. The van der Waals surface area contributed by atoms with E-state index < -0.39 is 0 Å². The standard InChI is InChI=1S/C24H28N2O2/c27-23(21-9-5-2-6-10-21)25-15-17-26(18-16-25)24(28)22-13-11-20(12-14-22)19-7-3-1-4-8-19/h2,5-6,9-14,19H,1,3-4,7-8,15-18H2. The molecule has 0 spiro atoms. The number of amides is 2. The molecule has 0 N–H and O–H groups in total. The Labute approximate surface area is 167 Å². The molecule has 2 fully saturated rings. The third-order valence-corrected chi connectivity index (χ3v) is 6.11. The number of hydrogen-bond acceptors (Lipinski definition) is 2. The summed E-state index contributed by atoms with van der Waals surface area (Å²) in [5, 5.41) is 0. The summed E-state index contributed by atoms with van der Waals surface area (Å²) in [6.07, 6.45) is 6.52. The van der Waals surface area contributed by atoms with Crippen molar-refractivity contribution in [3.05, 3.63) is 71.3 Å². The molecule has 1 saturated carbocycles. The molecule has 0 radical (unpaired) electrons. The molecule has 1 aliphatic carbocycles. The van der Waals surface area contributed by atoms with Crippen molar-refractivity contribution in [1.82, 2.24) is 9.80 Å². The topological polar surface area (TPSA) is 40.6 Å². The average Bonchev–Trinajstić information content (AvgIpc) is 2.79. The third kappa shape index (κ3) is 4.11. The van der Waals surface area contributed by atoms with E-state index in [0.717, 1.165) is 5.56 Å². The summed E-state index contributed by atoms with van der Waals surface area (Å²) in [7, 11) is 0. The van der Waals surface area contributed by atoms with Gasteiger partial charge in [0.05, 0.1) is 0 Å². The van der Waals surface area contributed by atoms with E-state index in [4.69, 9.17) is 0 Å². The molecule has 1 aliphatic heterocycles. The molecule has 146 valence electrons. The molecule has 1 heterocycles. The van der Waals surface area contributed by atoms with Gasteiger partial charge in [-0.25, -0.2) is 0 Å². The first-order chi connectivity index (χ1) is 13.7. The third-order valence-electron chi connectivity index (χ3n) is 6.11. The van der Waals surface area contributed by atoms with Gasteiger partial charge in [0.2, 0.25) is 0 Å². The van der Waals surface area contributed by atoms with Gasteiger partial charge in [0.25, 0.3) is 11.8 Å². The van der Waals surface area contributed by atoms with Gasteiger partial charge >= 0.3 is 0 Å². The minimum Gasteiger partial charge on any atom is -0.335 e. The fraction of sp³-hybridized carbons (Fsp3) is 0.417. The lowest BCUT2D eigenvalue weighted by molar-refractivity contribution is 0.0535. The van der Waals surface area contributed by atoms with Crippen LogP contribution >= 0.6 is 0 Å². The van der Waals surface area contributed by atoms with E-state index in [1.165, 1.54) is 37.7 Å². The Morgan fingerprint density at radius 3 is 1.68 bits per heavy atom. The molecule has 28 heavy (non-hydrogen) atoms. The lowest BCUT2D eigenvalue weighted by atomic mass is 9.84. The number of benzene rings is 2. The Morgan fingerprint density at radius 1 is 0.643 bits per heavy atom. The number of carbonyl (C=O) groups is 2. The highest BCUT2D eigenvalue weighted by molar-refractivity contribution is 5.96. The van der Waals surface area contributed by atoms with E-state index in [-0.39, 0.29) is 11.8 Å². The van der Waals surface area contributed by atoms with Crippen LogP contribution in [0.25, 0.3) is 0 Å². The zero-order valence-corrected chi connectivity index (χ0v) is 16.3. The predicted octanol–water partition coefficient (Wildman–Crippen LogP) is 4.33. The van der Waals surface area contributed by atoms with Crippen molar-refractivity contribution in [2.24, 2.45) is 0 Å². The summed E-state index contributed by atoms with van der Waals surface area (Å²) in [4.78, 5) is 29.1.